The molecular weight excluding hydrogens is 460 g/mol. The Bertz CT molecular complexity index is 1410. The van der Waals surface area contributed by atoms with Gasteiger partial charge in [-0.15, -0.1) is 0 Å². The molecule has 6 heteroatoms. The van der Waals surface area contributed by atoms with Gasteiger partial charge in [-0.05, 0) is 87.9 Å². The first-order valence-electron chi connectivity index (χ1n) is 12.7. The average Bonchev–Trinajstić information content (AvgIpc) is 2.83. The minimum absolute atomic E-state index is 0.0902. The Morgan fingerprint density at radius 2 is 1.78 bits per heavy atom. The maximum Gasteiger partial charge on any atom is 0.408 e. The van der Waals surface area contributed by atoms with Gasteiger partial charge in [-0.25, -0.2) is 14.8 Å². The van der Waals surface area contributed by atoms with E-state index in [9.17, 15) is 9.90 Å². The summed E-state index contributed by atoms with van der Waals surface area (Å²) in [4.78, 5) is 22.7. The maximum atomic E-state index is 11.9. The number of fused-ring (bicyclic) bond motifs is 1. The fraction of sp³-hybridized carbons (Fsp3) is 0.323. The molecule has 37 heavy (non-hydrogen) atoms. The van der Waals surface area contributed by atoms with E-state index in [0.717, 1.165) is 34.0 Å². The largest absolute Gasteiger partial charge is 0.465 e. The van der Waals surface area contributed by atoms with Crippen LogP contribution in [0, 0.1) is 6.92 Å². The first kappa shape index (κ1) is 26.1. The minimum Gasteiger partial charge on any atom is -0.465 e. The number of carboxylic acid groups (broad SMARTS) is 1. The summed E-state index contributed by atoms with van der Waals surface area (Å²) in [6.07, 6.45) is 1.71. The Morgan fingerprint density at radius 3 is 2.49 bits per heavy atom. The van der Waals surface area contributed by atoms with Gasteiger partial charge in [0.2, 0.25) is 5.95 Å². The summed E-state index contributed by atoms with van der Waals surface area (Å²) in [6.45, 7) is 11.9. The molecule has 6 nitrogen and oxygen atoms in total. The molecule has 0 spiro atoms. The molecule has 0 radical (unpaired) electrons. The van der Waals surface area contributed by atoms with Crippen molar-refractivity contribution in [3.05, 3.63) is 89.6 Å². The highest BCUT2D eigenvalue weighted by Gasteiger charge is 2.31. The van der Waals surface area contributed by atoms with Gasteiger partial charge >= 0.3 is 6.09 Å². The summed E-state index contributed by atoms with van der Waals surface area (Å²) < 4.78 is 0. The van der Waals surface area contributed by atoms with Crippen molar-refractivity contribution in [3.63, 3.8) is 0 Å². The Hall–Kier alpha value is -3.93. The number of aromatic nitrogens is 2. The van der Waals surface area contributed by atoms with Crippen molar-refractivity contribution in [3.8, 4) is 11.1 Å². The van der Waals surface area contributed by atoms with E-state index in [1.807, 2.05) is 52.1 Å². The molecule has 1 amide bonds. The van der Waals surface area contributed by atoms with Crippen LogP contribution in [0.5, 0.6) is 0 Å². The standard InChI is InChI=1S/C31H36N4O2/c1-20-10-7-8-13-27(20)25-14-15-28-26(18-25)19-32-29(34-28)33-21(2)16-23-11-9-12-24(17-23)22(3)35(30(36)37)31(4,5)6/h7-15,17-19,21-22H,16H2,1-6H3,(H,36,37)(H,32,33,34)/t21-,22-/m0/s1. The van der Waals surface area contributed by atoms with Gasteiger partial charge in [0.25, 0.3) is 0 Å². The zero-order chi connectivity index (χ0) is 26.7. The molecule has 0 bridgehead atoms. The van der Waals surface area contributed by atoms with Crippen LogP contribution in [0.3, 0.4) is 0 Å². The van der Waals surface area contributed by atoms with Gasteiger partial charge in [-0.1, -0.05) is 54.6 Å². The molecule has 0 aliphatic carbocycles. The summed E-state index contributed by atoms with van der Waals surface area (Å²) in [6, 6.07) is 22.6. The number of rotatable bonds is 7. The van der Waals surface area contributed by atoms with E-state index in [-0.39, 0.29) is 12.1 Å². The molecular formula is C31H36N4O2. The number of hydrogen-bond acceptors (Lipinski definition) is 4. The van der Waals surface area contributed by atoms with Crippen LogP contribution in [0.15, 0.2) is 72.9 Å². The molecule has 3 aromatic carbocycles. The molecule has 1 aromatic heterocycles. The van der Waals surface area contributed by atoms with E-state index >= 15 is 0 Å². The molecule has 4 rings (SSSR count). The number of benzene rings is 3. The van der Waals surface area contributed by atoms with Crippen molar-refractivity contribution in [1.29, 1.82) is 0 Å². The van der Waals surface area contributed by atoms with E-state index < -0.39 is 11.6 Å². The first-order chi connectivity index (χ1) is 17.5. The molecule has 1 heterocycles. The van der Waals surface area contributed by atoms with Crippen LogP contribution in [0.1, 0.15) is 57.4 Å². The summed E-state index contributed by atoms with van der Waals surface area (Å²) in [5.74, 6) is 0.595. The van der Waals surface area contributed by atoms with Crippen LogP contribution in [0.4, 0.5) is 10.7 Å². The van der Waals surface area contributed by atoms with Crippen molar-refractivity contribution >= 4 is 22.9 Å². The van der Waals surface area contributed by atoms with Crippen molar-refractivity contribution in [2.24, 2.45) is 0 Å². The van der Waals surface area contributed by atoms with Gasteiger partial charge in [0.1, 0.15) is 0 Å². The van der Waals surface area contributed by atoms with Crippen LogP contribution < -0.4 is 5.32 Å². The highest BCUT2D eigenvalue weighted by atomic mass is 16.4. The van der Waals surface area contributed by atoms with Gasteiger partial charge in [-0.2, -0.15) is 0 Å². The lowest BCUT2D eigenvalue weighted by atomic mass is 9.97. The SMILES string of the molecule is Cc1ccccc1-c1ccc2nc(N[C@@H](C)Cc3cccc([C@H](C)N(C(=O)O)C(C)(C)C)c3)ncc2c1. The number of amides is 1. The quantitative estimate of drug-likeness (QED) is 0.277. The van der Waals surface area contributed by atoms with Gasteiger partial charge < -0.3 is 10.4 Å². The van der Waals surface area contributed by atoms with Crippen molar-refractivity contribution < 1.29 is 9.90 Å². The summed E-state index contributed by atoms with van der Waals surface area (Å²) in [5, 5.41) is 14.2. The topological polar surface area (TPSA) is 78.4 Å². The third kappa shape index (κ3) is 6.08. The van der Waals surface area contributed by atoms with Crippen molar-refractivity contribution in [2.75, 3.05) is 5.32 Å². The Balaban J connectivity index is 1.47. The lowest BCUT2D eigenvalue weighted by Gasteiger charge is -2.38. The second kappa shape index (κ2) is 10.6. The lowest BCUT2D eigenvalue weighted by Crippen LogP contribution is -2.46. The number of anilines is 1. The summed E-state index contributed by atoms with van der Waals surface area (Å²) in [7, 11) is 0. The van der Waals surface area contributed by atoms with Gasteiger partial charge in [0.05, 0.1) is 11.6 Å². The molecule has 0 saturated heterocycles. The molecule has 0 unspecified atom stereocenters. The number of nitrogens with one attached hydrogen (secondary N) is 1. The summed E-state index contributed by atoms with van der Waals surface area (Å²) in [5.41, 5.74) is 6.12. The normalized spacial score (nSPS) is 13.2. The predicted molar refractivity (Wildman–Crippen MR) is 151 cm³/mol. The highest BCUT2D eigenvalue weighted by molar-refractivity contribution is 5.85. The van der Waals surface area contributed by atoms with Crippen LogP contribution in [0.25, 0.3) is 22.0 Å². The summed E-state index contributed by atoms with van der Waals surface area (Å²) >= 11 is 0. The van der Waals surface area contributed by atoms with E-state index in [2.05, 4.69) is 72.7 Å². The van der Waals surface area contributed by atoms with Crippen LogP contribution in [0.2, 0.25) is 0 Å². The van der Waals surface area contributed by atoms with E-state index in [1.54, 1.807) is 0 Å². The Labute approximate surface area is 219 Å². The Morgan fingerprint density at radius 1 is 1.03 bits per heavy atom. The Kier molecular flexibility index (Phi) is 7.48. The second-order valence-electron chi connectivity index (χ2n) is 10.8. The van der Waals surface area contributed by atoms with Crippen LogP contribution in [-0.2, 0) is 6.42 Å². The number of carbonyl (C=O) groups is 1. The zero-order valence-corrected chi connectivity index (χ0v) is 22.5. The average molecular weight is 497 g/mol. The first-order valence-corrected chi connectivity index (χ1v) is 12.7. The molecule has 0 aliphatic rings. The van der Waals surface area contributed by atoms with Gasteiger partial charge in [0.15, 0.2) is 0 Å². The maximum absolute atomic E-state index is 11.9. The number of aryl methyl sites for hydroxylation is 1. The van der Waals surface area contributed by atoms with E-state index in [1.165, 1.54) is 16.0 Å². The predicted octanol–water partition coefficient (Wildman–Crippen LogP) is 7.49. The second-order valence-corrected chi connectivity index (χ2v) is 10.8. The lowest BCUT2D eigenvalue weighted by molar-refractivity contribution is 0.0752. The fourth-order valence-corrected chi connectivity index (χ4v) is 4.95. The molecule has 192 valence electrons. The van der Waals surface area contributed by atoms with Crippen LogP contribution in [-0.4, -0.2) is 37.6 Å². The third-order valence-electron chi connectivity index (χ3n) is 6.70. The van der Waals surface area contributed by atoms with Crippen molar-refractivity contribution in [1.82, 2.24) is 14.9 Å². The van der Waals surface area contributed by atoms with Crippen molar-refractivity contribution in [2.45, 2.75) is 65.6 Å². The molecule has 0 aliphatic heterocycles. The van der Waals surface area contributed by atoms with E-state index in [0.29, 0.717) is 5.95 Å². The highest BCUT2D eigenvalue weighted by Crippen LogP contribution is 2.29. The molecule has 2 N–H and O–H groups in total. The monoisotopic (exact) mass is 496 g/mol. The van der Waals surface area contributed by atoms with Gasteiger partial charge in [-0.3, -0.25) is 4.90 Å². The zero-order valence-electron chi connectivity index (χ0n) is 22.5. The third-order valence-corrected chi connectivity index (χ3v) is 6.70. The smallest absolute Gasteiger partial charge is 0.408 e. The molecule has 2 atom stereocenters. The molecule has 0 saturated carbocycles. The minimum atomic E-state index is -0.917. The van der Waals surface area contributed by atoms with Gasteiger partial charge in [0, 0.05) is 23.2 Å². The number of nitrogens with zero attached hydrogens (tertiary/aromatic N) is 3. The number of hydrogen-bond donors (Lipinski definition) is 2. The fourth-order valence-electron chi connectivity index (χ4n) is 4.95. The molecule has 0 fully saturated rings. The van der Waals surface area contributed by atoms with Crippen LogP contribution >= 0.6 is 0 Å². The van der Waals surface area contributed by atoms with E-state index in [4.69, 9.17) is 4.98 Å². The molecule has 4 aromatic rings.